The van der Waals surface area contributed by atoms with Crippen LogP contribution in [0.5, 0.6) is 5.75 Å². The van der Waals surface area contributed by atoms with Gasteiger partial charge in [0, 0.05) is 11.6 Å². The highest BCUT2D eigenvalue weighted by Gasteiger charge is 2.16. The minimum absolute atomic E-state index is 0.0168. The van der Waals surface area contributed by atoms with Crippen molar-refractivity contribution in [2.24, 2.45) is 0 Å². The Morgan fingerprint density at radius 2 is 1.95 bits per heavy atom. The molecule has 0 aliphatic heterocycles. The molecular formula is C12H13Cl2NO4. The number of hydrogen-bond acceptors (Lipinski definition) is 4. The lowest BCUT2D eigenvalue weighted by atomic mass is 10.3. The van der Waals surface area contributed by atoms with Gasteiger partial charge in [-0.1, -0.05) is 11.6 Å². The highest BCUT2D eigenvalue weighted by atomic mass is 35.5. The molecule has 104 valence electrons. The number of carbonyl (C=O) groups is 2. The van der Waals surface area contributed by atoms with Crippen molar-refractivity contribution in [1.29, 1.82) is 0 Å². The van der Waals surface area contributed by atoms with Crippen molar-refractivity contribution < 1.29 is 19.1 Å². The number of halogens is 2. The first-order chi connectivity index (χ1) is 9.02. The summed E-state index contributed by atoms with van der Waals surface area (Å²) in [6.07, 6.45) is 0. The molecular weight excluding hydrogens is 293 g/mol. The van der Waals surface area contributed by atoms with Gasteiger partial charge in [0.15, 0.2) is 6.61 Å². The van der Waals surface area contributed by atoms with Crippen LogP contribution in [0.15, 0.2) is 24.3 Å². The van der Waals surface area contributed by atoms with Crippen LogP contribution in [0, 0.1) is 0 Å². The van der Waals surface area contributed by atoms with Gasteiger partial charge in [-0.2, -0.15) is 0 Å². The first kappa shape index (κ1) is 15.6. The number of carbonyl (C=O) groups excluding carboxylic acids is 2. The number of alkyl halides is 1. The molecule has 0 spiro atoms. The molecule has 0 bridgehead atoms. The Bertz CT molecular complexity index is 436. The molecule has 1 amide bonds. The molecule has 1 atom stereocenters. The smallest absolute Gasteiger partial charge is 0.325 e. The molecule has 7 heteroatoms. The Morgan fingerprint density at radius 1 is 1.32 bits per heavy atom. The highest BCUT2D eigenvalue weighted by molar-refractivity contribution is 6.30. The zero-order chi connectivity index (χ0) is 14.3. The van der Waals surface area contributed by atoms with Crippen LogP contribution in [0.3, 0.4) is 0 Å². The van der Waals surface area contributed by atoms with Gasteiger partial charge in [-0.15, -0.1) is 11.6 Å². The van der Waals surface area contributed by atoms with Crippen molar-refractivity contribution >= 4 is 35.1 Å². The predicted octanol–water partition coefficient (Wildman–Crippen LogP) is 1.62. The normalized spacial score (nSPS) is 11.5. The average molecular weight is 306 g/mol. The molecule has 0 fully saturated rings. The summed E-state index contributed by atoms with van der Waals surface area (Å²) < 4.78 is 9.63. The Morgan fingerprint density at radius 3 is 2.53 bits per heavy atom. The third-order valence-electron chi connectivity index (χ3n) is 2.12. The fourth-order valence-corrected chi connectivity index (χ4v) is 1.44. The van der Waals surface area contributed by atoms with Crippen LogP contribution in [-0.4, -0.2) is 37.5 Å². The van der Waals surface area contributed by atoms with Crippen molar-refractivity contribution in [2.45, 2.75) is 5.38 Å². The zero-order valence-electron chi connectivity index (χ0n) is 10.2. The summed E-state index contributed by atoms with van der Waals surface area (Å²) in [5.41, 5.74) is 0. The minimum atomic E-state index is -0.913. The Kier molecular flexibility index (Phi) is 6.45. The Labute approximate surface area is 120 Å². The van der Waals surface area contributed by atoms with Gasteiger partial charge in [-0.25, -0.2) is 0 Å². The van der Waals surface area contributed by atoms with Crippen LogP contribution >= 0.6 is 23.2 Å². The van der Waals surface area contributed by atoms with Crippen LogP contribution in [0.4, 0.5) is 0 Å². The number of rotatable bonds is 6. The third kappa shape index (κ3) is 5.81. The second-order valence-electron chi connectivity index (χ2n) is 3.54. The third-order valence-corrected chi connectivity index (χ3v) is 2.70. The van der Waals surface area contributed by atoms with Crippen molar-refractivity contribution in [3.63, 3.8) is 0 Å². The quantitative estimate of drug-likeness (QED) is 0.641. The largest absolute Gasteiger partial charge is 0.484 e. The maximum absolute atomic E-state index is 11.4. The molecule has 19 heavy (non-hydrogen) atoms. The molecule has 1 N–H and O–H groups in total. The van der Waals surface area contributed by atoms with E-state index < -0.39 is 11.3 Å². The first-order valence-electron chi connectivity index (χ1n) is 5.40. The lowest BCUT2D eigenvalue weighted by Gasteiger charge is -2.10. The number of ether oxygens (including phenoxy) is 2. The van der Waals surface area contributed by atoms with Gasteiger partial charge in [-0.3, -0.25) is 9.59 Å². The fraction of sp³-hybridized carbons (Fsp3) is 0.333. The highest BCUT2D eigenvalue weighted by Crippen LogP contribution is 2.15. The van der Waals surface area contributed by atoms with Gasteiger partial charge < -0.3 is 14.8 Å². The van der Waals surface area contributed by atoms with Crippen LogP contribution in [0.25, 0.3) is 0 Å². The van der Waals surface area contributed by atoms with Gasteiger partial charge in [0.1, 0.15) is 11.1 Å². The molecule has 0 radical (unpaired) electrons. The van der Waals surface area contributed by atoms with Crippen LogP contribution < -0.4 is 10.1 Å². The van der Waals surface area contributed by atoms with Crippen LogP contribution in [-0.2, 0) is 14.3 Å². The van der Waals surface area contributed by atoms with E-state index in [9.17, 15) is 9.59 Å². The molecule has 5 nitrogen and oxygen atoms in total. The van der Waals surface area contributed by atoms with E-state index in [-0.39, 0.29) is 19.1 Å². The number of nitrogens with one attached hydrogen (secondary N) is 1. The predicted molar refractivity (Wildman–Crippen MR) is 71.6 cm³/mol. The van der Waals surface area contributed by atoms with E-state index in [0.717, 1.165) is 0 Å². The molecule has 1 rings (SSSR count). The monoisotopic (exact) mass is 305 g/mol. The van der Waals surface area contributed by atoms with Gasteiger partial charge in [0.2, 0.25) is 0 Å². The fourth-order valence-electron chi connectivity index (χ4n) is 1.15. The number of hydrogen-bond donors (Lipinski definition) is 1. The van der Waals surface area contributed by atoms with E-state index >= 15 is 0 Å². The van der Waals surface area contributed by atoms with Crippen LogP contribution in [0.2, 0.25) is 5.02 Å². The second-order valence-corrected chi connectivity index (χ2v) is 4.50. The Hall–Kier alpha value is -1.46. The first-order valence-corrected chi connectivity index (χ1v) is 6.21. The number of benzene rings is 1. The summed E-state index contributed by atoms with van der Waals surface area (Å²) in [6, 6.07) is 6.60. The number of amides is 1. The van der Waals surface area contributed by atoms with Gasteiger partial charge in [-0.05, 0) is 24.3 Å². The van der Waals surface area contributed by atoms with Gasteiger partial charge in [0.25, 0.3) is 5.91 Å². The van der Waals surface area contributed by atoms with Gasteiger partial charge >= 0.3 is 5.97 Å². The maximum Gasteiger partial charge on any atom is 0.325 e. The average Bonchev–Trinajstić information content (AvgIpc) is 2.43. The zero-order valence-corrected chi connectivity index (χ0v) is 11.7. The Balaban J connectivity index is 2.28. The van der Waals surface area contributed by atoms with Crippen LogP contribution in [0.1, 0.15) is 0 Å². The summed E-state index contributed by atoms with van der Waals surface area (Å²) in [5, 5.41) is 2.13. The van der Waals surface area contributed by atoms with E-state index in [4.69, 9.17) is 27.9 Å². The topological polar surface area (TPSA) is 64.6 Å². The van der Waals surface area contributed by atoms with Crippen molar-refractivity contribution in [3.8, 4) is 5.75 Å². The van der Waals surface area contributed by atoms with E-state index in [2.05, 4.69) is 10.1 Å². The number of esters is 1. The summed E-state index contributed by atoms with van der Waals surface area (Å²) in [4.78, 5) is 22.4. The molecule has 1 aromatic carbocycles. The molecule has 0 aromatic heterocycles. The van der Waals surface area contributed by atoms with E-state index in [1.807, 2.05) is 0 Å². The number of methoxy groups -OCH3 is 1. The summed E-state index contributed by atoms with van der Waals surface area (Å²) in [7, 11) is 1.23. The van der Waals surface area contributed by atoms with E-state index in [0.29, 0.717) is 10.8 Å². The SMILES string of the molecule is COC(=O)C(Cl)CNC(=O)COc1ccc(Cl)cc1. The molecule has 0 saturated carbocycles. The minimum Gasteiger partial charge on any atom is -0.484 e. The lowest BCUT2D eigenvalue weighted by molar-refractivity contribution is -0.140. The molecule has 0 aliphatic carbocycles. The maximum atomic E-state index is 11.4. The van der Waals surface area contributed by atoms with Crippen molar-refractivity contribution in [2.75, 3.05) is 20.3 Å². The molecule has 1 unspecified atom stereocenters. The summed E-state index contributed by atoms with van der Waals surface area (Å²) >= 11 is 11.4. The molecule has 0 heterocycles. The van der Waals surface area contributed by atoms with E-state index in [1.165, 1.54) is 7.11 Å². The van der Waals surface area contributed by atoms with Gasteiger partial charge in [0.05, 0.1) is 7.11 Å². The van der Waals surface area contributed by atoms with Crippen molar-refractivity contribution in [1.82, 2.24) is 5.32 Å². The van der Waals surface area contributed by atoms with Crippen molar-refractivity contribution in [3.05, 3.63) is 29.3 Å². The standard InChI is InChI=1S/C12H13Cl2NO4/c1-18-12(17)10(14)6-15-11(16)7-19-9-4-2-8(13)3-5-9/h2-5,10H,6-7H2,1H3,(H,15,16). The molecule has 0 aliphatic rings. The summed E-state index contributed by atoms with van der Waals surface area (Å²) in [6.45, 7) is -0.191. The lowest BCUT2D eigenvalue weighted by Crippen LogP contribution is -2.36. The summed E-state index contributed by atoms with van der Waals surface area (Å²) in [5.74, 6) is -0.458. The molecule has 1 aromatic rings. The molecule has 0 saturated heterocycles. The second kappa shape index (κ2) is 7.86. The van der Waals surface area contributed by atoms with E-state index in [1.54, 1.807) is 24.3 Å².